The van der Waals surface area contributed by atoms with Gasteiger partial charge in [0.1, 0.15) is 11.9 Å². The molecule has 2 bridgehead atoms. The van der Waals surface area contributed by atoms with Gasteiger partial charge in [-0.15, -0.1) is 0 Å². The second-order valence-corrected chi connectivity index (χ2v) is 6.79. The van der Waals surface area contributed by atoms with Gasteiger partial charge in [-0.25, -0.2) is 9.18 Å². The highest BCUT2D eigenvalue weighted by molar-refractivity contribution is 5.84. The lowest BCUT2D eigenvalue weighted by Gasteiger charge is -2.22. The number of aromatic nitrogens is 1. The Bertz CT molecular complexity index is 778. The Balaban J connectivity index is 2.05. The molecular weight excluding hydrogens is 331 g/mol. The van der Waals surface area contributed by atoms with Crippen LogP contribution in [0.1, 0.15) is 51.1 Å². The smallest absolute Gasteiger partial charge is 0.328 e. The van der Waals surface area contributed by atoms with Gasteiger partial charge in [0.15, 0.2) is 0 Å². The number of rotatable bonds is 2. The molecule has 2 heterocycles. The maximum Gasteiger partial charge on any atom is 0.328 e. The summed E-state index contributed by atoms with van der Waals surface area (Å²) in [4.78, 5) is 16.9. The molecule has 5 heteroatoms. The molecule has 138 valence electrons. The summed E-state index contributed by atoms with van der Waals surface area (Å²) in [5, 5.41) is 3.29. The minimum atomic E-state index is -0.435. The minimum absolute atomic E-state index is 0.261. The predicted molar refractivity (Wildman–Crippen MR) is 101 cm³/mol. The van der Waals surface area contributed by atoms with E-state index in [2.05, 4.69) is 17.2 Å². The van der Waals surface area contributed by atoms with E-state index < -0.39 is 6.04 Å². The van der Waals surface area contributed by atoms with E-state index in [1.807, 2.05) is 12.1 Å². The van der Waals surface area contributed by atoms with Crippen LogP contribution in [-0.2, 0) is 9.53 Å². The number of ether oxygens (including phenoxy) is 1. The van der Waals surface area contributed by atoms with Crippen molar-refractivity contribution in [3.05, 3.63) is 48.0 Å². The number of halogens is 1. The van der Waals surface area contributed by atoms with Crippen LogP contribution in [0.15, 0.2) is 36.5 Å². The molecule has 1 aromatic heterocycles. The van der Waals surface area contributed by atoms with Crippen molar-refractivity contribution in [2.75, 3.05) is 11.9 Å². The first-order valence-electron chi connectivity index (χ1n) is 9.27. The van der Waals surface area contributed by atoms with Gasteiger partial charge >= 0.3 is 5.97 Å². The number of hydrogen-bond acceptors (Lipinski definition) is 4. The molecule has 0 saturated heterocycles. The molecule has 4 nitrogen and oxygen atoms in total. The zero-order valence-electron chi connectivity index (χ0n) is 15.3. The van der Waals surface area contributed by atoms with Crippen LogP contribution in [0.25, 0.3) is 11.1 Å². The van der Waals surface area contributed by atoms with Crippen LogP contribution in [0.3, 0.4) is 0 Å². The summed E-state index contributed by atoms with van der Waals surface area (Å²) < 4.78 is 19.2. The SMILES string of the molecule is CCOC(=O)[C@H]1CCCCC(C)c2cc(ccn2)-c2cc(F)ccc2N1. The maximum atomic E-state index is 13.9. The number of anilines is 1. The molecule has 2 atom stereocenters. The fourth-order valence-electron chi connectivity index (χ4n) is 3.39. The number of hydrogen-bond donors (Lipinski definition) is 1. The van der Waals surface area contributed by atoms with Gasteiger partial charge in [-0.2, -0.15) is 0 Å². The summed E-state index contributed by atoms with van der Waals surface area (Å²) >= 11 is 0. The summed E-state index contributed by atoms with van der Waals surface area (Å²) in [7, 11) is 0. The van der Waals surface area contributed by atoms with Gasteiger partial charge in [0, 0.05) is 23.1 Å². The lowest BCUT2D eigenvalue weighted by molar-refractivity contribution is -0.144. The Labute approximate surface area is 153 Å². The number of carbonyl (C=O) groups excluding carboxylic acids is 1. The molecule has 1 aromatic carbocycles. The van der Waals surface area contributed by atoms with Crippen molar-refractivity contribution >= 4 is 11.7 Å². The lowest BCUT2D eigenvalue weighted by Crippen LogP contribution is -2.31. The number of pyridine rings is 1. The van der Waals surface area contributed by atoms with E-state index in [1.54, 1.807) is 19.2 Å². The van der Waals surface area contributed by atoms with Crippen LogP contribution in [0.2, 0.25) is 0 Å². The molecule has 1 aliphatic heterocycles. The van der Waals surface area contributed by atoms with Crippen molar-refractivity contribution in [1.82, 2.24) is 4.98 Å². The van der Waals surface area contributed by atoms with Crippen molar-refractivity contribution < 1.29 is 13.9 Å². The van der Waals surface area contributed by atoms with E-state index in [0.29, 0.717) is 18.9 Å². The quantitative estimate of drug-likeness (QED) is 0.777. The molecule has 2 aromatic rings. The molecule has 0 spiro atoms. The average molecular weight is 356 g/mol. The highest BCUT2D eigenvalue weighted by atomic mass is 19.1. The zero-order valence-corrected chi connectivity index (χ0v) is 15.3. The Hall–Kier alpha value is -2.43. The first-order chi connectivity index (χ1) is 12.6. The number of carbonyl (C=O) groups is 1. The van der Waals surface area contributed by atoms with Gasteiger partial charge in [-0.05, 0) is 61.6 Å². The minimum Gasteiger partial charge on any atom is -0.464 e. The summed E-state index contributed by atoms with van der Waals surface area (Å²) in [5.41, 5.74) is 3.37. The second kappa shape index (κ2) is 8.30. The third kappa shape index (κ3) is 4.21. The highest BCUT2D eigenvalue weighted by Gasteiger charge is 2.22. The molecule has 0 aliphatic carbocycles. The Kier molecular flexibility index (Phi) is 5.86. The van der Waals surface area contributed by atoms with E-state index >= 15 is 0 Å². The fourth-order valence-corrected chi connectivity index (χ4v) is 3.39. The van der Waals surface area contributed by atoms with Crippen LogP contribution in [0.5, 0.6) is 0 Å². The number of nitrogens with one attached hydrogen (secondary N) is 1. The second-order valence-electron chi connectivity index (χ2n) is 6.79. The standard InChI is InChI=1S/C21H25FN2O2/c1-3-26-21(25)19-7-5-4-6-14(2)20-12-15(10-11-23-20)17-13-16(22)8-9-18(17)24-19/h8-14,19,24H,3-7H2,1-2H3/t14?,19-/m1/s1. The van der Waals surface area contributed by atoms with Crippen LogP contribution in [0, 0.1) is 5.82 Å². The fraction of sp³-hybridized carbons (Fsp3) is 0.429. The molecular formula is C21H25FN2O2. The van der Waals surface area contributed by atoms with Crippen molar-refractivity contribution in [3.63, 3.8) is 0 Å². The van der Waals surface area contributed by atoms with Crippen LogP contribution >= 0.6 is 0 Å². The van der Waals surface area contributed by atoms with E-state index in [1.165, 1.54) is 12.1 Å². The zero-order chi connectivity index (χ0) is 18.5. The molecule has 0 amide bonds. The summed E-state index contributed by atoms with van der Waals surface area (Å²) in [6.45, 7) is 4.31. The van der Waals surface area contributed by atoms with Crippen LogP contribution in [0.4, 0.5) is 10.1 Å². The van der Waals surface area contributed by atoms with Gasteiger partial charge < -0.3 is 10.1 Å². The number of esters is 1. The van der Waals surface area contributed by atoms with Crippen molar-refractivity contribution in [3.8, 4) is 11.1 Å². The first-order valence-corrected chi connectivity index (χ1v) is 9.27. The third-order valence-electron chi connectivity index (χ3n) is 4.86. The summed E-state index contributed by atoms with van der Waals surface area (Å²) in [6, 6.07) is 8.05. The Morgan fingerprint density at radius 2 is 2.08 bits per heavy atom. The van der Waals surface area contributed by atoms with Crippen molar-refractivity contribution in [2.45, 2.75) is 51.5 Å². The molecule has 1 unspecified atom stereocenters. The van der Waals surface area contributed by atoms with Gasteiger partial charge in [-0.1, -0.05) is 19.8 Å². The van der Waals surface area contributed by atoms with Crippen molar-refractivity contribution in [2.24, 2.45) is 0 Å². The van der Waals surface area contributed by atoms with E-state index in [-0.39, 0.29) is 11.8 Å². The third-order valence-corrected chi connectivity index (χ3v) is 4.86. The van der Waals surface area contributed by atoms with Crippen LogP contribution in [-0.4, -0.2) is 23.6 Å². The molecule has 26 heavy (non-hydrogen) atoms. The molecule has 0 saturated carbocycles. The molecule has 1 aliphatic rings. The van der Waals surface area contributed by atoms with E-state index in [9.17, 15) is 9.18 Å². The van der Waals surface area contributed by atoms with Gasteiger partial charge in [0.05, 0.1) is 6.61 Å². The normalized spacial score (nSPS) is 20.1. The monoisotopic (exact) mass is 356 g/mol. The molecule has 3 rings (SSSR count). The Morgan fingerprint density at radius 1 is 1.27 bits per heavy atom. The predicted octanol–water partition coefficient (Wildman–Crippen LogP) is 4.91. The van der Waals surface area contributed by atoms with E-state index in [0.717, 1.165) is 41.8 Å². The number of nitrogens with zero attached hydrogens (tertiary/aromatic N) is 1. The number of benzene rings is 1. The van der Waals surface area contributed by atoms with E-state index in [4.69, 9.17) is 4.74 Å². The summed E-state index contributed by atoms with van der Waals surface area (Å²) in [5.74, 6) is -0.250. The lowest BCUT2D eigenvalue weighted by atomic mass is 9.94. The topological polar surface area (TPSA) is 51.2 Å². The van der Waals surface area contributed by atoms with Crippen molar-refractivity contribution in [1.29, 1.82) is 0 Å². The molecule has 0 fully saturated rings. The summed E-state index contributed by atoms with van der Waals surface area (Å²) in [6.07, 6.45) is 5.38. The molecule has 0 radical (unpaired) electrons. The largest absolute Gasteiger partial charge is 0.464 e. The Morgan fingerprint density at radius 3 is 2.88 bits per heavy atom. The molecule has 1 N–H and O–H groups in total. The average Bonchev–Trinajstić information content (AvgIpc) is 2.64. The number of fused-ring (bicyclic) bond motifs is 4. The highest BCUT2D eigenvalue weighted by Crippen LogP contribution is 2.33. The van der Waals surface area contributed by atoms with Gasteiger partial charge in [-0.3, -0.25) is 4.98 Å². The van der Waals surface area contributed by atoms with Crippen LogP contribution < -0.4 is 5.32 Å². The first kappa shape index (κ1) is 18.4. The van der Waals surface area contributed by atoms with Gasteiger partial charge in [0.25, 0.3) is 0 Å². The van der Waals surface area contributed by atoms with Gasteiger partial charge in [0.2, 0.25) is 0 Å². The maximum absolute atomic E-state index is 13.9.